The Labute approximate surface area is 132 Å². The summed E-state index contributed by atoms with van der Waals surface area (Å²) in [6.45, 7) is 4.65. The Balaban J connectivity index is 1.85. The number of hydrogen-bond acceptors (Lipinski definition) is 6. The lowest BCUT2D eigenvalue weighted by Gasteiger charge is -2.04. The average Bonchev–Trinajstić information content (AvgIpc) is 3.09. The molecule has 0 atom stereocenters. The summed E-state index contributed by atoms with van der Waals surface area (Å²) in [6, 6.07) is 0. The molecule has 2 aromatic heterocycles. The van der Waals surface area contributed by atoms with Gasteiger partial charge in [0.25, 0.3) is 0 Å². The summed E-state index contributed by atoms with van der Waals surface area (Å²) < 4.78 is 8.21. The van der Waals surface area contributed by atoms with E-state index in [-0.39, 0.29) is 24.6 Å². The van der Waals surface area contributed by atoms with E-state index >= 15 is 0 Å². The molecule has 0 bridgehead atoms. The summed E-state index contributed by atoms with van der Waals surface area (Å²) in [5.41, 5.74) is 0.938. The lowest BCUT2D eigenvalue weighted by atomic mass is 10.3. The Bertz CT molecular complexity index is 692. The van der Waals surface area contributed by atoms with Gasteiger partial charge < -0.3 is 10.1 Å². The summed E-state index contributed by atoms with van der Waals surface area (Å²) in [7, 11) is 0. The van der Waals surface area contributed by atoms with E-state index in [1.165, 1.54) is 17.1 Å². The van der Waals surface area contributed by atoms with Crippen LogP contribution in [-0.4, -0.2) is 37.0 Å². The Morgan fingerprint density at radius 1 is 1.43 bits per heavy atom. The van der Waals surface area contributed by atoms with Gasteiger partial charge in [0.15, 0.2) is 0 Å². The molecule has 10 heteroatoms. The smallest absolute Gasteiger partial charge is 0.309 e. The zero-order valence-electron chi connectivity index (χ0n) is 12.9. The van der Waals surface area contributed by atoms with Gasteiger partial charge in [-0.2, -0.15) is 10.2 Å². The summed E-state index contributed by atoms with van der Waals surface area (Å²) in [6.07, 6.45) is 4.53. The molecule has 0 aliphatic carbocycles. The quantitative estimate of drug-likeness (QED) is 0.578. The molecule has 0 saturated heterocycles. The second kappa shape index (κ2) is 7.49. The molecule has 0 unspecified atom stereocenters. The summed E-state index contributed by atoms with van der Waals surface area (Å²) in [5.74, 6) is -0.224. The van der Waals surface area contributed by atoms with Crippen molar-refractivity contribution in [3.8, 4) is 0 Å². The Kier molecular flexibility index (Phi) is 5.41. The van der Waals surface area contributed by atoms with Crippen molar-refractivity contribution in [2.75, 3.05) is 11.9 Å². The van der Waals surface area contributed by atoms with Crippen molar-refractivity contribution in [3.63, 3.8) is 0 Å². The molecule has 0 aromatic carbocycles. The lowest BCUT2D eigenvalue weighted by Crippen LogP contribution is -2.15. The Morgan fingerprint density at radius 3 is 2.87 bits per heavy atom. The van der Waals surface area contributed by atoms with Gasteiger partial charge in [0, 0.05) is 13.0 Å². The number of ether oxygens (including phenoxy) is 1. The maximum atomic E-state index is 11.9. The van der Waals surface area contributed by atoms with E-state index in [0.29, 0.717) is 24.7 Å². The number of nitro groups is 1. The van der Waals surface area contributed by atoms with E-state index in [1.54, 1.807) is 17.8 Å². The van der Waals surface area contributed by atoms with E-state index in [4.69, 9.17) is 4.74 Å². The summed E-state index contributed by atoms with van der Waals surface area (Å²) >= 11 is 0. The number of rotatable bonds is 8. The third kappa shape index (κ3) is 4.36. The molecule has 10 nitrogen and oxygen atoms in total. The van der Waals surface area contributed by atoms with Gasteiger partial charge in [-0.3, -0.25) is 19.6 Å². The number of hydrogen-bond donors (Lipinski definition) is 1. The van der Waals surface area contributed by atoms with Crippen LogP contribution in [0.25, 0.3) is 0 Å². The molecular formula is C13H18N6O4. The van der Waals surface area contributed by atoms with E-state index in [1.807, 2.05) is 6.92 Å². The highest BCUT2D eigenvalue weighted by molar-refractivity contribution is 5.90. The Morgan fingerprint density at radius 2 is 2.22 bits per heavy atom. The zero-order valence-corrected chi connectivity index (χ0v) is 12.9. The molecule has 0 fully saturated rings. The van der Waals surface area contributed by atoms with E-state index in [9.17, 15) is 14.9 Å². The molecule has 0 spiro atoms. The first kappa shape index (κ1) is 16.6. The van der Waals surface area contributed by atoms with Gasteiger partial charge in [-0.1, -0.05) is 0 Å². The van der Waals surface area contributed by atoms with Gasteiger partial charge in [-0.05, 0) is 13.8 Å². The molecular weight excluding hydrogens is 304 g/mol. The van der Waals surface area contributed by atoms with Crippen LogP contribution in [0.1, 0.15) is 19.0 Å². The number of nitrogens with one attached hydrogen (secondary N) is 1. The highest BCUT2D eigenvalue weighted by Crippen LogP contribution is 2.16. The Hall–Kier alpha value is -2.75. The molecule has 1 N–H and O–H groups in total. The molecule has 0 saturated carbocycles. The number of anilines is 1. The largest absolute Gasteiger partial charge is 0.360 e. The molecule has 124 valence electrons. The highest BCUT2D eigenvalue weighted by atomic mass is 16.6. The number of amides is 1. The van der Waals surface area contributed by atoms with Crippen LogP contribution >= 0.6 is 0 Å². The van der Waals surface area contributed by atoms with Gasteiger partial charge >= 0.3 is 5.69 Å². The minimum Gasteiger partial charge on any atom is -0.360 e. The zero-order chi connectivity index (χ0) is 16.8. The highest BCUT2D eigenvalue weighted by Gasteiger charge is 2.16. The van der Waals surface area contributed by atoms with E-state index < -0.39 is 4.92 Å². The monoisotopic (exact) mass is 322 g/mol. The van der Waals surface area contributed by atoms with E-state index in [0.717, 1.165) is 0 Å². The number of aromatic nitrogens is 4. The number of nitrogens with zero attached hydrogens (tertiary/aromatic N) is 5. The van der Waals surface area contributed by atoms with Crippen molar-refractivity contribution < 1.29 is 14.5 Å². The van der Waals surface area contributed by atoms with Crippen molar-refractivity contribution in [1.82, 2.24) is 19.6 Å². The first-order chi connectivity index (χ1) is 11.0. The van der Waals surface area contributed by atoms with Gasteiger partial charge in [-0.15, -0.1) is 0 Å². The third-order valence-electron chi connectivity index (χ3n) is 3.17. The minimum atomic E-state index is -0.494. The summed E-state index contributed by atoms with van der Waals surface area (Å²) in [5, 5.41) is 21.4. The van der Waals surface area contributed by atoms with Crippen LogP contribution in [-0.2, 0) is 22.8 Å². The van der Waals surface area contributed by atoms with Crippen molar-refractivity contribution in [2.24, 2.45) is 0 Å². The SMILES string of the molecule is CCOCn1cc(NC(=O)CCn2ncc([N+](=O)[O-])c2C)cn1. The van der Waals surface area contributed by atoms with Crippen LogP contribution in [0, 0.1) is 17.0 Å². The molecule has 2 aromatic rings. The fraction of sp³-hybridized carbons (Fsp3) is 0.462. The summed E-state index contributed by atoms with van der Waals surface area (Å²) in [4.78, 5) is 22.2. The van der Waals surface area contributed by atoms with E-state index in [2.05, 4.69) is 15.5 Å². The van der Waals surface area contributed by atoms with Gasteiger partial charge in [0.05, 0.1) is 29.5 Å². The standard InChI is InChI=1S/C13H18N6O4/c1-3-23-9-17-8-11(6-14-17)16-13(20)4-5-18-10(2)12(7-15-18)19(21)22/h6-8H,3-5,9H2,1-2H3,(H,16,20). The predicted molar refractivity (Wildman–Crippen MR) is 80.7 cm³/mol. The third-order valence-corrected chi connectivity index (χ3v) is 3.17. The fourth-order valence-electron chi connectivity index (χ4n) is 1.96. The van der Waals surface area contributed by atoms with Crippen LogP contribution in [0.3, 0.4) is 0 Å². The fourth-order valence-corrected chi connectivity index (χ4v) is 1.96. The normalized spacial score (nSPS) is 10.7. The number of aryl methyl sites for hydroxylation is 1. The number of carbonyl (C=O) groups excluding carboxylic acids is 1. The average molecular weight is 322 g/mol. The first-order valence-corrected chi connectivity index (χ1v) is 7.08. The molecule has 0 aliphatic heterocycles. The van der Waals surface area contributed by atoms with Gasteiger partial charge in [0.1, 0.15) is 18.6 Å². The maximum Gasteiger partial charge on any atom is 0.309 e. The topological polar surface area (TPSA) is 117 Å². The van der Waals surface area contributed by atoms with Crippen LogP contribution in [0.2, 0.25) is 0 Å². The molecule has 0 radical (unpaired) electrons. The maximum absolute atomic E-state index is 11.9. The van der Waals surface area contributed by atoms with Crippen molar-refractivity contribution in [2.45, 2.75) is 33.5 Å². The van der Waals surface area contributed by atoms with Gasteiger partial charge in [0.2, 0.25) is 5.91 Å². The van der Waals surface area contributed by atoms with Crippen LogP contribution in [0.5, 0.6) is 0 Å². The number of carbonyl (C=O) groups is 1. The second-order valence-electron chi connectivity index (χ2n) is 4.78. The van der Waals surface area contributed by atoms with Crippen LogP contribution < -0.4 is 5.32 Å². The van der Waals surface area contributed by atoms with Crippen LogP contribution in [0.4, 0.5) is 11.4 Å². The molecule has 2 rings (SSSR count). The molecule has 2 heterocycles. The minimum absolute atomic E-state index is 0.0531. The van der Waals surface area contributed by atoms with Crippen molar-refractivity contribution in [3.05, 3.63) is 34.4 Å². The molecule has 1 amide bonds. The molecule has 0 aliphatic rings. The lowest BCUT2D eigenvalue weighted by molar-refractivity contribution is -0.385. The second-order valence-corrected chi connectivity index (χ2v) is 4.78. The predicted octanol–water partition coefficient (Wildman–Crippen LogP) is 1.32. The molecule has 23 heavy (non-hydrogen) atoms. The van der Waals surface area contributed by atoms with Crippen molar-refractivity contribution in [1.29, 1.82) is 0 Å². The first-order valence-electron chi connectivity index (χ1n) is 7.08. The van der Waals surface area contributed by atoms with Gasteiger partial charge in [-0.25, -0.2) is 4.68 Å². The van der Waals surface area contributed by atoms with Crippen LogP contribution in [0.15, 0.2) is 18.6 Å². The van der Waals surface area contributed by atoms with Crippen molar-refractivity contribution >= 4 is 17.3 Å².